The molecule has 2 heterocycles. The number of benzene rings is 2. The number of methoxy groups -OCH3 is 1. The van der Waals surface area contributed by atoms with Crippen LogP contribution in [0.2, 0.25) is 0 Å². The molecule has 29 heavy (non-hydrogen) atoms. The Morgan fingerprint density at radius 3 is 2.66 bits per heavy atom. The lowest BCUT2D eigenvalue weighted by molar-refractivity contribution is -0.138. The highest BCUT2D eigenvalue weighted by Crippen LogP contribution is 2.37. The highest BCUT2D eigenvalue weighted by Gasteiger charge is 2.43. The molecular formula is C23H28N2O4. The van der Waals surface area contributed by atoms with Crippen molar-refractivity contribution in [3.05, 3.63) is 54.6 Å². The fourth-order valence-electron chi connectivity index (χ4n) is 4.15. The minimum atomic E-state index is -0.131. The molecule has 0 saturated carbocycles. The molecule has 2 fully saturated rings. The van der Waals surface area contributed by atoms with Crippen LogP contribution < -0.4 is 14.8 Å². The van der Waals surface area contributed by atoms with Gasteiger partial charge in [-0.25, -0.2) is 0 Å². The molecule has 0 bridgehead atoms. The van der Waals surface area contributed by atoms with E-state index < -0.39 is 0 Å². The molecule has 2 aliphatic rings. The Kier molecular flexibility index (Phi) is 5.90. The molecule has 0 unspecified atom stereocenters. The summed E-state index contributed by atoms with van der Waals surface area (Å²) < 4.78 is 17.1. The Bertz CT molecular complexity index is 819. The molecule has 154 valence electrons. The summed E-state index contributed by atoms with van der Waals surface area (Å²) in [5.41, 5.74) is 0.911. The number of piperidine rings is 1. The molecule has 1 N–H and O–H groups in total. The quantitative estimate of drug-likeness (QED) is 0.812. The van der Waals surface area contributed by atoms with E-state index in [-0.39, 0.29) is 24.2 Å². The minimum Gasteiger partial charge on any atom is -0.497 e. The van der Waals surface area contributed by atoms with Gasteiger partial charge in [-0.2, -0.15) is 0 Å². The highest BCUT2D eigenvalue weighted by atomic mass is 16.5. The normalized spacial score (nSPS) is 20.4. The van der Waals surface area contributed by atoms with Crippen LogP contribution in [0, 0.1) is 0 Å². The van der Waals surface area contributed by atoms with Gasteiger partial charge >= 0.3 is 0 Å². The molecule has 4 rings (SSSR count). The first-order valence-electron chi connectivity index (χ1n) is 10.2. The smallest absolute Gasteiger partial charge is 0.260 e. The van der Waals surface area contributed by atoms with Crippen LogP contribution in [-0.4, -0.2) is 55.9 Å². The van der Waals surface area contributed by atoms with Gasteiger partial charge in [0.15, 0.2) is 6.61 Å². The van der Waals surface area contributed by atoms with Gasteiger partial charge in [-0.3, -0.25) is 4.79 Å². The van der Waals surface area contributed by atoms with Crippen LogP contribution in [0.4, 0.5) is 5.69 Å². The number of carbonyl (C=O) groups is 1. The Balaban J connectivity index is 1.25. The standard InChI is InChI=1S/C23H28N2O4/c1-27-21-9-5-6-18(14-21)24-19-15-23(29-16-19)10-12-25(13-11-23)22(26)17-28-20-7-3-2-4-8-20/h2-9,14,19,24H,10-13,15-17H2,1H3/t19-/m1/s1. The molecule has 2 aliphatic heterocycles. The molecule has 1 spiro atoms. The number of hydrogen-bond donors (Lipinski definition) is 1. The third-order valence-electron chi connectivity index (χ3n) is 5.78. The lowest BCUT2D eigenvalue weighted by Crippen LogP contribution is -2.48. The number of anilines is 1. The fourth-order valence-corrected chi connectivity index (χ4v) is 4.15. The van der Waals surface area contributed by atoms with E-state index in [1.165, 1.54) is 0 Å². The van der Waals surface area contributed by atoms with Crippen molar-refractivity contribution in [3.8, 4) is 11.5 Å². The molecule has 1 amide bonds. The molecule has 1 atom stereocenters. The predicted molar refractivity (Wildman–Crippen MR) is 111 cm³/mol. The summed E-state index contributed by atoms with van der Waals surface area (Å²) in [6.45, 7) is 2.19. The van der Waals surface area contributed by atoms with Gasteiger partial charge in [-0.15, -0.1) is 0 Å². The first kappa shape index (κ1) is 19.6. The van der Waals surface area contributed by atoms with Gasteiger partial charge in [0.2, 0.25) is 0 Å². The largest absolute Gasteiger partial charge is 0.497 e. The fraction of sp³-hybridized carbons (Fsp3) is 0.435. The number of nitrogens with zero attached hydrogens (tertiary/aromatic N) is 1. The molecule has 0 radical (unpaired) electrons. The summed E-state index contributed by atoms with van der Waals surface area (Å²) in [7, 11) is 1.67. The molecule has 0 aromatic heterocycles. The van der Waals surface area contributed by atoms with Gasteiger partial charge in [-0.05, 0) is 43.5 Å². The Hall–Kier alpha value is -2.73. The van der Waals surface area contributed by atoms with Gasteiger partial charge < -0.3 is 24.4 Å². The van der Waals surface area contributed by atoms with Crippen molar-refractivity contribution in [1.29, 1.82) is 0 Å². The third-order valence-corrected chi connectivity index (χ3v) is 5.78. The monoisotopic (exact) mass is 396 g/mol. The second kappa shape index (κ2) is 8.74. The minimum absolute atomic E-state index is 0.0350. The van der Waals surface area contributed by atoms with Gasteiger partial charge in [0.25, 0.3) is 5.91 Å². The molecule has 6 nitrogen and oxygen atoms in total. The molecule has 2 aromatic carbocycles. The van der Waals surface area contributed by atoms with E-state index in [9.17, 15) is 4.79 Å². The Morgan fingerprint density at radius 2 is 1.90 bits per heavy atom. The van der Waals surface area contributed by atoms with Crippen molar-refractivity contribution in [2.24, 2.45) is 0 Å². The van der Waals surface area contributed by atoms with Gasteiger partial charge in [0.05, 0.1) is 25.4 Å². The summed E-state index contributed by atoms with van der Waals surface area (Å²) in [5, 5.41) is 3.55. The number of ether oxygens (including phenoxy) is 3. The number of amides is 1. The van der Waals surface area contributed by atoms with Gasteiger partial charge in [0.1, 0.15) is 11.5 Å². The summed E-state index contributed by atoms with van der Waals surface area (Å²) in [6.07, 6.45) is 2.67. The maximum atomic E-state index is 12.5. The van der Waals surface area contributed by atoms with Gasteiger partial charge in [0, 0.05) is 24.8 Å². The second-order valence-electron chi connectivity index (χ2n) is 7.75. The molecule has 6 heteroatoms. The first-order chi connectivity index (χ1) is 14.2. The highest BCUT2D eigenvalue weighted by molar-refractivity contribution is 5.77. The van der Waals surface area contributed by atoms with Crippen LogP contribution in [0.3, 0.4) is 0 Å². The van der Waals surface area contributed by atoms with Crippen molar-refractivity contribution < 1.29 is 19.0 Å². The lowest BCUT2D eigenvalue weighted by atomic mass is 9.87. The van der Waals surface area contributed by atoms with Crippen molar-refractivity contribution in [2.75, 3.05) is 38.7 Å². The zero-order chi connectivity index (χ0) is 20.1. The first-order valence-corrected chi connectivity index (χ1v) is 10.2. The van der Waals surface area contributed by atoms with Crippen molar-refractivity contribution in [2.45, 2.75) is 30.9 Å². The van der Waals surface area contributed by atoms with E-state index in [1.807, 2.05) is 59.5 Å². The average molecular weight is 396 g/mol. The van der Waals surface area contributed by atoms with Crippen molar-refractivity contribution in [3.63, 3.8) is 0 Å². The second-order valence-corrected chi connectivity index (χ2v) is 7.75. The lowest BCUT2D eigenvalue weighted by Gasteiger charge is -2.38. The van der Waals surface area contributed by atoms with Crippen molar-refractivity contribution in [1.82, 2.24) is 4.90 Å². The van der Waals surface area contributed by atoms with E-state index in [2.05, 4.69) is 5.32 Å². The Morgan fingerprint density at radius 1 is 1.14 bits per heavy atom. The third kappa shape index (κ3) is 4.82. The van der Waals surface area contributed by atoms with Crippen LogP contribution in [0.15, 0.2) is 54.6 Å². The zero-order valence-electron chi connectivity index (χ0n) is 16.8. The maximum Gasteiger partial charge on any atom is 0.260 e. The molecular weight excluding hydrogens is 368 g/mol. The molecule has 2 aromatic rings. The van der Waals surface area contributed by atoms with Crippen LogP contribution in [0.1, 0.15) is 19.3 Å². The maximum absolute atomic E-state index is 12.5. The van der Waals surface area contributed by atoms with E-state index >= 15 is 0 Å². The summed E-state index contributed by atoms with van der Waals surface area (Å²) >= 11 is 0. The van der Waals surface area contributed by atoms with Crippen molar-refractivity contribution >= 4 is 11.6 Å². The summed E-state index contributed by atoms with van der Waals surface area (Å²) in [6, 6.07) is 17.7. The number of hydrogen-bond acceptors (Lipinski definition) is 5. The Labute approximate surface area is 171 Å². The number of nitrogens with one attached hydrogen (secondary N) is 1. The topological polar surface area (TPSA) is 60.0 Å². The van der Waals surface area contributed by atoms with E-state index in [0.717, 1.165) is 36.4 Å². The van der Waals surface area contributed by atoms with Crippen LogP contribution in [-0.2, 0) is 9.53 Å². The molecule has 2 saturated heterocycles. The van der Waals surface area contributed by atoms with E-state index in [4.69, 9.17) is 14.2 Å². The predicted octanol–water partition coefficient (Wildman–Crippen LogP) is 3.34. The van der Waals surface area contributed by atoms with Crippen LogP contribution in [0.25, 0.3) is 0 Å². The number of rotatable bonds is 6. The summed E-state index contributed by atoms with van der Waals surface area (Å²) in [4.78, 5) is 14.4. The van der Waals surface area contributed by atoms with Gasteiger partial charge in [-0.1, -0.05) is 24.3 Å². The number of para-hydroxylation sites is 1. The molecule has 0 aliphatic carbocycles. The average Bonchev–Trinajstić information content (AvgIpc) is 3.15. The number of likely N-dealkylation sites (tertiary alicyclic amines) is 1. The van der Waals surface area contributed by atoms with E-state index in [0.29, 0.717) is 19.7 Å². The summed E-state index contributed by atoms with van der Waals surface area (Å²) in [5.74, 6) is 1.60. The van der Waals surface area contributed by atoms with E-state index in [1.54, 1.807) is 7.11 Å². The van der Waals surface area contributed by atoms with Crippen LogP contribution >= 0.6 is 0 Å². The number of carbonyl (C=O) groups excluding carboxylic acids is 1. The zero-order valence-corrected chi connectivity index (χ0v) is 16.8. The SMILES string of the molecule is COc1cccc(N[C@H]2COC3(CCN(C(=O)COc4ccccc4)CC3)C2)c1. The van der Waals surface area contributed by atoms with Crippen LogP contribution in [0.5, 0.6) is 11.5 Å².